The largest absolute Gasteiger partial charge is 0.396 e. The number of benzene rings is 1. The Bertz CT molecular complexity index is 533. The number of fused-ring (bicyclic) bond motifs is 1. The molecule has 0 aliphatic heterocycles. The molecule has 2 rings (SSSR count). The van der Waals surface area contributed by atoms with Crippen LogP contribution in [0.3, 0.4) is 0 Å². The zero-order valence-corrected chi connectivity index (χ0v) is 14.0. The third-order valence-corrected chi connectivity index (χ3v) is 3.47. The number of nitrogens with one attached hydrogen (secondary N) is 1. The molecule has 0 amide bonds. The van der Waals surface area contributed by atoms with Crippen LogP contribution in [0.25, 0.3) is 10.1 Å². The summed E-state index contributed by atoms with van der Waals surface area (Å²) in [5.41, 5.74) is 5.83. The number of thiophene rings is 1. The first-order valence-electron chi connectivity index (χ1n) is 7.01. The molecule has 0 aliphatic carbocycles. The van der Waals surface area contributed by atoms with Crippen molar-refractivity contribution in [1.29, 1.82) is 0 Å². The standard InChI is InChI=1S/C10H8OS.C4H11NO.C2H6N2/c11-5-3-8-1-2-10-9(7-8)4-6-12-10;1-5-3-2-4-6;1-4-2-3/h1-2,4-7H,3H2;5-6H,2-4H2,1H3;2H,1H3,(H2,3,4). The normalized spacial score (nSPS) is 9.77. The smallest absolute Gasteiger partial charge is 0.124 e. The van der Waals surface area contributed by atoms with Crippen molar-refractivity contribution in [3.05, 3.63) is 35.2 Å². The summed E-state index contributed by atoms with van der Waals surface area (Å²) in [7, 11) is 3.50. The van der Waals surface area contributed by atoms with Gasteiger partial charge in [-0.3, -0.25) is 4.99 Å². The number of aliphatic hydroxyl groups is 1. The van der Waals surface area contributed by atoms with E-state index >= 15 is 0 Å². The molecular formula is C16H25N3O2S. The third kappa shape index (κ3) is 9.23. The number of hydrogen-bond acceptors (Lipinski definition) is 5. The highest BCUT2D eigenvalue weighted by Crippen LogP contribution is 2.21. The molecule has 2 aromatic rings. The first kappa shape index (κ1) is 20.2. The lowest BCUT2D eigenvalue weighted by Gasteiger charge is -1.94. The highest BCUT2D eigenvalue weighted by atomic mass is 32.1. The van der Waals surface area contributed by atoms with Gasteiger partial charge in [-0.15, -0.1) is 11.3 Å². The molecule has 122 valence electrons. The molecule has 5 nitrogen and oxygen atoms in total. The molecule has 0 atom stereocenters. The summed E-state index contributed by atoms with van der Waals surface area (Å²) in [5.74, 6) is 0. The summed E-state index contributed by atoms with van der Waals surface area (Å²) in [5, 5.41) is 14.4. The van der Waals surface area contributed by atoms with Gasteiger partial charge in [0, 0.05) is 24.8 Å². The summed E-state index contributed by atoms with van der Waals surface area (Å²) in [4.78, 5) is 13.6. The average Bonchev–Trinajstić information content (AvgIpc) is 3.02. The third-order valence-electron chi connectivity index (χ3n) is 2.57. The van der Waals surface area contributed by atoms with Crippen molar-refractivity contribution in [2.24, 2.45) is 10.7 Å². The number of hydrogen-bond donors (Lipinski definition) is 3. The number of carbonyl (C=O) groups excluding carboxylic acids is 1. The van der Waals surface area contributed by atoms with Gasteiger partial charge in [0.2, 0.25) is 0 Å². The number of aliphatic hydroxyl groups excluding tert-OH is 1. The van der Waals surface area contributed by atoms with E-state index in [1.807, 2.05) is 13.1 Å². The molecule has 22 heavy (non-hydrogen) atoms. The van der Waals surface area contributed by atoms with Gasteiger partial charge in [0.1, 0.15) is 6.29 Å². The van der Waals surface area contributed by atoms with Gasteiger partial charge in [0.15, 0.2) is 0 Å². The van der Waals surface area contributed by atoms with Crippen LogP contribution >= 0.6 is 11.3 Å². The van der Waals surface area contributed by atoms with Crippen molar-refractivity contribution in [2.45, 2.75) is 12.8 Å². The van der Waals surface area contributed by atoms with E-state index in [0.717, 1.165) is 24.8 Å². The first-order chi connectivity index (χ1) is 10.7. The summed E-state index contributed by atoms with van der Waals surface area (Å²) in [6, 6.07) is 8.22. The second-order valence-electron chi connectivity index (χ2n) is 4.25. The van der Waals surface area contributed by atoms with E-state index in [2.05, 4.69) is 33.9 Å². The van der Waals surface area contributed by atoms with Crippen LogP contribution in [0.2, 0.25) is 0 Å². The fourth-order valence-electron chi connectivity index (χ4n) is 1.50. The molecule has 0 bridgehead atoms. The highest BCUT2D eigenvalue weighted by molar-refractivity contribution is 7.17. The Hall–Kier alpha value is -1.76. The lowest BCUT2D eigenvalue weighted by molar-refractivity contribution is -0.107. The van der Waals surface area contributed by atoms with Crippen molar-refractivity contribution in [2.75, 3.05) is 27.2 Å². The van der Waals surface area contributed by atoms with Crippen LogP contribution in [-0.2, 0) is 11.2 Å². The van der Waals surface area contributed by atoms with Gasteiger partial charge >= 0.3 is 0 Å². The summed E-state index contributed by atoms with van der Waals surface area (Å²) >= 11 is 1.73. The van der Waals surface area contributed by atoms with Crippen molar-refractivity contribution in [3.63, 3.8) is 0 Å². The monoisotopic (exact) mass is 323 g/mol. The molecule has 0 saturated heterocycles. The Morgan fingerprint density at radius 1 is 1.41 bits per heavy atom. The summed E-state index contributed by atoms with van der Waals surface area (Å²) in [6.07, 6.45) is 3.57. The van der Waals surface area contributed by atoms with Crippen molar-refractivity contribution < 1.29 is 9.90 Å². The number of nitrogens with zero attached hydrogens (tertiary/aromatic N) is 1. The number of aliphatic imine (C=N–C) groups is 1. The Morgan fingerprint density at radius 2 is 2.14 bits per heavy atom. The lowest BCUT2D eigenvalue weighted by atomic mass is 10.1. The maximum atomic E-state index is 10.3. The first-order valence-corrected chi connectivity index (χ1v) is 7.89. The van der Waals surface area contributed by atoms with E-state index in [1.54, 1.807) is 18.4 Å². The second kappa shape index (κ2) is 14.2. The molecule has 0 aliphatic rings. The molecule has 4 N–H and O–H groups in total. The highest BCUT2D eigenvalue weighted by Gasteiger charge is 1.95. The SMILES string of the molecule is CN=CN.CNCCCO.O=CCc1ccc2sccc2c1. The van der Waals surface area contributed by atoms with Crippen LogP contribution in [0.5, 0.6) is 0 Å². The molecule has 0 saturated carbocycles. The topological polar surface area (TPSA) is 87.7 Å². The Balaban J connectivity index is 0.000000374. The fourth-order valence-corrected chi connectivity index (χ4v) is 2.27. The fraction of sp³-hybridized carbons (Fsp3) is 0.375. The van der Waals surface area contributed by atoms with Crippen LogP contribution in [0.4, 0.5) is 0 Å². The van der Waals surface area contributed by atoms with Gasteiger partial charge in [-0.2, -0.15) is 0 Å². The number of aldehydes is 1. The molecule has 0 fully saturated rings. The van der Waals surface area contributed by atoms with Crippen LogP contribution in [-0.4, -0.2) is 45.0 Å². The van der Waals surface area contributed by atoms with Crippen molar-refractivity contribution in [1.82, 2.24) is 5.32 Å². The Labute approximate surface area is 135 Å². The van der Waals surface area contributed by atoms with E-state index in [9.17, 15) is 4.79 Å². The van der Waals surface area contributed by atoms with Gasteiger partial charge in [0.25, 0.3) is 0 Å². The maximum Gasteiger partial charge on any atom is 0.124 e. The van der Waals surface area contributed by atoms with E-state index in [0.29, 0.717) is 13.0 Å². The molecule has 1 aromatic heterocycles. The minimum Gasteiger partial charge on any atom is -0.396 e. The van der Waals surface area contributed by atoms with Crippen molar-refractivity contribution >= 4 is 34.0 Å². The van der Waals surface area contributed by atoms with E-state index in [1.165, 1.54) is 16.4 Å². The average molecular weight is 323 g/mol. The van der Waals surface area contributed by atoms with E-state index in [4.69, 9.17) is 10.8 Å². The lowest BCUT2D eigenvalue weighted by Crippen LogP contribution is -2.08. The molecule has 0 radical (unpaired) electrons. The van der Waals surface area contributed by atoms with E-state index in [-0.39, 0.29) is 0 Å². The minimum atomic E-state index is 0.292. The second-order valence-corrected chi connectivity index (χ2v) is 5.20. The quantitative estimate of drug-likeness (QED) is 0.339. The molecule has 0 spiro atoms. The summed E-state index contributed by atoms with van der Waals surface area (Å²) in [6.45, 7) is 1.21. The van der Waals surface area contributed by atoms with Gasteiger partial charge in [-0.1, -0.05) is 6.07 Å². The van der Waals surface area contributed by atoms with Gasteiger partial charge in [-0.25, -0.2) is 0 Å². The Kier molecular flexibility index (Phi) is 13.1. The zero-order valence-electron chi connectivity index (χ0n) is 13.2. The van der Waals surface area contributed by atoms with Crippen LogP contribution < -0.4 is 11.1 Å². The predicted molar refractivity (Wildman–Crippen MR) is 95.8 cm³/mol. The minimum absolute atomic E-state index is 0.292. The van der Waals surface area contributed by atoms with Gasteiger partial charge in [0.05, 0.1) is 6.34 Å². The van der Waals surface area contributed by atoms with Crippen LogP contribution in [0, 0.1) is 0 Å². The van der Waals surface area contributed by atoms with Gasteiger partial charge in [-0.05, 0) is 54.5 Å². The van der Waals surface area contributed by atoms with Crippen LogP contribution in [0.15, 0.2) is 34.6 Å². The summed E-state index contributed by atoms with van der Waals surface area (Å²) < 4.78 is 1.28. The van der Waals surface area contributed by atoms with Gasteiger partial charge < -0.3 is 21.0 Å². The molecular weight excluding hydrogens is 298 g/mol. The number of nitrogens with two attached hydrogens (primary N) is 1. The van der Waals surface area contributed by atoms with E-state index < -0.39 is 0 Å². The molecule has 0 unspecified atom stereocenters. The van der Waals surface area contributed by atoms with Crippen molar-refractivity contribution in [3.8, 4) is 0 Å². The molecule has 1 aromatic carbocycles. The molecule has 6 heteroatoms. The maximum absolute atomic E-state index is 10.3. The molecule has 1 heterocycles. The zero-order chi connectivity index (χ0) is 16.6. The Morgan fingerprint density at radius 3 is 2.64 bits per heavy atom. The van der Waals surface area contributed by atoms with Crippen LogP contribution in [0.1, 0.15) is 12.0 Å². The predicted octanol–water partition coefficient (Wildman–Crippen LogP) is 1.83. The number of rotatable bonds is 5. The number of carbonyl (C=O) groups is 1.